The van der Waals surface area contributed by atoms with Gasteiger partial charge in [0.15, 0.2) is 6.10 Å². The molecule has 2 aliphatic heterocycles. The number of amidine groups is 1. The van der Waals surface area contributed by atoms with Crippen LogP contribution in [0.15, 0.2) is 17.3 Å². The van der Waals surface area contributed by atoms with Crippen LogP contribution in [-0.2, 0) is 4.74 Å². The van der Waals surface area contributed by atoms with Crippen LogP contribution < -0.4 is 5.32 Å². The minimum atomic E-state index is 0.150. The molecule has 0 aromatic rings. The van der Waals surface area contributed by atoms with Crippen LogP contribution in [0.3, 0.4) is 0 Å². The van der Waals surface area contributed by atoms with E-state index in [9.17, 15) is 0 Å². The van der Waals surface area contributed by atoms with E-state index >= 15 is 0 Å². The van der Waals surface area contributed by atoms with Gasteiger partial charge in [-0.05, 0) is 6.08 Å². The molecule has 2 unspecified atom stereocenters. The molecular weight excluding hydrogens is 140 g/mol. The van der Waals surface area contributed by atoms with Crippen molar-refractivity contribution in [3.63, 3.8) is 0 Å². The molecule has 1 N–H and O–H groups in total. The first-order valence-corrected chi connectivity index (χ1v) is 3.98. The molecule has 2 atom stereocenters. The molecule has 0 bridgehead atoms. The van der Waals surface area contributed by atoms with Crippen molar-refractivity contribution >= 4 is 5.84 Å². The molecule has 0 saturated heterocycles. The highest BCUT2D eigenvalue weighted by Crippen LogP contribution is 2.18. The summed E-state index contributed by atoms with van der Waals surface area (Å²) in [4.78, 5) is 4.31. The second kappa shape index (κ2) is 2.57. The molecule has 0 aliphatic carbocycles. The van der Waals surface area contributed by atoms with Gasteiger partial charge in [0, 0.05) is 12.5 Å². The van der Waals surface area contributed by atoms with E-state index in [0.29, 0.717) is 5.92 Å². The fourth-order valence-electron chi connectivity index (χ4n) is 1.40. The predicted molar refractivity (Wildman–Crippen MR) is 43.5 cm³/mol. The third kappa shape index (κ3) is 1.11. The zero-order valence-corrected chi connectivity index (χ0v) is 6.58. The summed E-state index contributed by atoms with van der Waals surface area (Å²) in [5.41, 5.74) is 0. The highest BCUT2D eigenvalue weighted by molar-refractivity contribution is 5.88. The van der Waals surface area contributed by atoms with Crippen molar-refractivity contribution in [2.75, 3.05) is 13.1 Å². The standard InChI is InChI=1S/C8H12N2O/c1-6-2-5-11-7(6)8-9-3-4-10-8/h2,5-7H,3-4H2,1H3,(H,9,10). The van der Waals surface area contributed by atoms with Crippen LogP contribution in [0.5, 0.6) is 0 Å². The van der Waals surface area contributed by atoms with Crippen LogP contribution >= 0.6 is 0 Å². The van der Waals surface area contributed by atoms with Crippen molar-refractivity contribution in [1.29, 1.82) is 0 Å². The largest absolute Gasteiger partial charge is 0.490 e. The number of ether oxygens (including phenoxy) is 1. The van der Waals surface area contributed by atoms with Crippen molar-refractivity contribution in [2.45, 2.75) is 13.0 Å². The Hall–Kier alpha value is -0.990. The third-order valence-corrected chi connectivity index (χ3v) is 2.05. The van der Waals surface area contributed by atoms with E-state index in [0.717, 1.165) is 18.9 Å². The molecule has 0 radical (unpaired) electrons. The number of aliphatic imine (C=N–C) groups is 1. The Morgan fingerprint density at radius 1 is 1.73 bits per heavy atom. The first-order valence-electron chi connectivity index (χ1n) is 3.98. The lowest BCUT2D eigenvalue weighted by molar-refractivity contribution is 0.199. The van der Waals surface area contributed by atoms with Crippen molar-refractivity contribution in [3.05, 3.63) is 12.3 Å². The van der Waals surface area contributed by atoms with E-state index in [1.807, 2.05) is 0 Å². The molecule has 11 heavy (non-hydrogen) atoms. The minimum Gasteiger partial charge on any atom is -0.490 e. The smallest absolute Gasteiger partial charge is 0.160 e. The molecule has 0 aromatic heterocycles. The zero-order valence-electron chi connectivity index (χ0n) is 6.58. The molecule has 0 fully saturated rings. The molecular formula is C8H12N2O. The van der Waals surface area contributed by atoms with Gasteiger partial charge in [-0.15, -0.1) is 0 Å². The maximum Gasteiger partial charge on any atom is 0.160 e. The summed E-state index contributed by atoms with van der Waals surface area (Å²) in [6.45, 7) is 3.99. The maximum atomic E-state index is 5.38. The number of hydrogen-bond acceptors (Lipinski definition) is 3. The first-order chi connectivity index (χ1) is 5.38. The van der Waals surface area contributed by atoms with E-state index in [1.54, 1.807) is 6.26 Å². The third-order valence-electron chi connectivity index (χ3n) is 2.05. The maximum absolute atomic E-state index is 5.38. The Kier molecular flexibility index (Phi) is 1.56. The summed E-state index contributed by atoms with van der Waals surface area (Å²) < 4.78 is 5.38. The highest BCUT2D eigenvalue weighted by atomic mass is 16.5. The summed E-state index contributed by atoms with van der Waals surface area (Å²) >= 11 is 0. The lowest BCUT2D eigenvalue weighted by Crippen LogP contribution is -2.34. The van der Waals surface area contributed by atoms with E-state index < -0.39 is 0 Å². The Bertz CT molecular complexity index is 210. The van der Waals surface area contributed by atoms with Gasteiger partial charge in [-0.2, -0.15) is 0 Å². The van der Waals surface area contributed by atoms with Crippen molar-refractivity contribution < 1.29 is 4.74 Å². The van der Waals surface area contributed by atoms with E-state index in [2.05, 4.69) is 23.3 Å². The van der Waals surface area contributed by atoms with E-state index in [-0.39, 0.29) is 6.10 Å². The zero-order chi connectivity index (χ0) is 7.68. The van der Waals surface area contributed by atoms with Gasteiger partial charge in [0.2, 0.25) is 0 Å². The summed E-state index contributed by atoms with van der Waals surface area (Å²) in [5.74, 6) is 1.47. The van der Waals surface area contributed by atoms with Crippen molar-refractivity contribution in [2.24, 2.45) is 10.9 Å². The topological polar surface area (TPSA) is 33.6 Å². The Balaban J connectivity index is 2.05. The van der Waals surface area contributed by atoms with Gasteiger partial charge in [-0.3, -0.25) is 4.99 Å². The number of nitrogens with one attached hydrogen (secondary N) is 1. The Morgan fingerprint density at radius 3 is 3.18 bits per heavy atom. The molecule has 3 nitrogen and oxygen atoms in total. The molecule has 2 aliphatic rings. The van der Waals surface area contributed by atoms with E-state index in [4.69, 9.17) is 4.74 Å². The lowest BCUT2D eigenvalue weighted by Gasteiger charge is -2.14. The van der Waals surface area contributed by atoms with Crippen LogP contribution in [0.2, 0.25) is 0 Å². The molecule has 0 spiro atoms. The number of hydrogen-bond donors (Lipinski definition) is 1. The van der Waals surface area contributed by atoms with E-state index in [1.165, 1.54) is 0 Å². The van der Waals surface area contributed by atoms with Gasteiger partial charge >= 0.3 is 0 Å². The van der Waals surface area contributed by atoms with Gasteiger partial charge in [0.05, 0.1) is 12.8 Å². The highest BCUT2D eigenvalue weighted by Gasteiger charge is 2.27. The number of nitrogens with zero attached hydrogens (tertiary/aromatic N) is 1. The van der Waals surface area contributed by atoms with Gasteiger partial charge in [0.1, 0.15) is 5.84 Å². The van der Waals surface area contributed by atoms with Crippen LogP contribution in [0.1, 0.15) is 6.92 Å². The average Bonchev–Trinajstić information content (AvgIpc) is 2.55. The lowest BCUT2D eigenvalue weighted by atomic mass is 10.1. The molecule has 0 saturated carbocycles. The predicted octanol–water partition coefficient (Wildman–Crippen LogP) is 0.537. The molecule has 2 rings (SSSR count). The van der Waals surface area contributed by atoms with Crippen LogP contribution in [0, 0.1) is 5.92 Å². The molecule has 0 amide bonds. The van der Waals surface area contributed by atoms with Gasteiger partial charge in [-0.1, -0.05) is 6.92 Å². The molecule has 0 aromatic carbocycles. The number of rotatable bonds is 1. The summed E-state index contributed by atoms with van der Waals surface area (Å²) in [6, 6.07) is 0. The quantitative estimate of drug-likeness (QED) is 0.595. The van der Waals surface area contributed by atoms with Crippen LogP contribution in [0.25, 0.3) is 0 Å². The fourth-order valence-corrected chi connectivity index (χ4v) is 1.40. The SMILES string of the molecule is CC1C=COC1C1=NCCN1. The summed E-state index contributed by atoms with van der Waals surface area (Å²) in [7, 11) is 0. The second-order valence-corrected chi connectivity index (χ2v) is 2.94. The van der Waals surface area contributed by atoms with Crippen LogP contribution in [-0.4, -0.2) is 25.0 Å². The normalized spacial score (nSPS) is 34.8. The van der Waals surface area contributed by atoms with Gasteiger partial charge in [0.25, 0.3) is 0 Å². The summed E-state index contributed by atoms with van der Waals surface area (Å²) in [5, 5.41) is 3.21. The average molecular weight is 152 g/mol. The summed E-state index contributed by atoms with van der Waals surface area (Å²) in [6.07, 6.45) is 3.97. The fraction of sp³-hybridized carbons (Fsp3) is 0.625. The Morgan fingerprint density at radius 2 is 2.64 bits per heavy atom. The van der Waals surface area contributed by atoms with Crippen molar-refractivity contribution in [1.82, 2.24) is 5.32 Å². The Labute approximate surface area is 66.2 Å². The van der Waals surface area contributed by atoms with Crippen molar-refractivity contribution in [3.8, 4) is 0 Å². The molecule has 60 valence electrons. The van der Waals surface area contributed by atoms with Crippen LogP contribution in [0.4, 0.5) is 0 Å². The minimum absolute atomic E-state index is 0.150. The molecule has 2 heterocycles. The first kappa shape index (κ1) is 6.70. The monoisotopic (exact) mass is 152 g/mol. The van der Waals surface area contributed by atoms with Gasteiger partial charge < -0.3 is 10.1 Å². The second-order valence-electron chi connectivity index (χ2n) is 2.94. The molecule has 3 heteroatoms. The van der Waals surface area contributed by atoms with Gasteiger partial charge in [-0.25, -0.2) is 0 Å².